The Hall–Kier alpha value is -2.69. The second-order valence-corrected chi connectivity index (χ2v) is 6.84. The molecule has 0 radical (unpaired) electrons. The van der Waals surface area contributed by atoms with Crippen molar-refractivity contribution in [3.63, 3.8) is 0 Å². The molecule has 0 saturated heterocycles. The molecule has 1 aromatic carbocycles. The molecule has 1 aliphatic rings. The number of benzene rings is 1. The van der Waals surface area contributed by atoms with Gasteiger partial charge in [0, 0.05) is 44.7 Å². The highest BCUT2D eigenvalue weighted by Crippen LogP contribution is 2.28. The molecule has 1 aromatic heterocycles. The summed E-state index contributed by atoms with van der Waals surface area (Å²) in [5.74, 6) is 1.63. The SMILES string of the molecule is COc1cc(Cn2ccc3c2C(=O)C(=CN(C)C)CCC3)cc(OC)c1. The van der Waals surface area contributed by atoms with Crippen molar-refractivity contribution in [1.29, 1.82) is 0 Å². The quantitative estimate of drug-likeness (QED) is 0.609. The first kappa shape index (κ1) is 18.1. The molecule has 0 atom stereocenters. The van der Waals surface area contributed by atoms with E-state index in [9.17, 15) is 4.79 Å². The average molecular weight is 354 g/mol. The van der Waals surface area contributed by atoms with Crippen LogP contribution < -0.4 is 9.47 Å². The highest BCUT2D eigenvalue weighted by molar-refractivity contribution is 6.09. The fourth-order valence-corrected chi connectivity index (χ4v) is 3.45. The molecule has 0 N–H and O–H groups in total. The minimum absolute atomic E-state index is 0.131. The summed E-state index contributed by atoms with van der Waals surface area (Å²) in [4.78, 5) is 15.1. The Morgan fingerprint density at radius 1 is 1.12 bits per heavy atom. The summed E-state index contributed by atoms with van der Waals surface area (Å²) >= 11 is 0. The number of fused-ring (bicyclic) bond motifs is 1. The van der Waals surface area contributed by atoms with Gasteiger partial charge >= 0.3 is 0 Å². The van der Waals surface area contributed by atoms with Gasteiger partial charge in [0.1, 0.15) is 11.5 Å². The van der Waals surface area contributed by atoms with Crippen LogP contribution in [0.1, 0.15) is 34.5 Å². The zero-order valence-electron chi connectivity index (χ0n) is 15.9. The van der Waals surface area contributed by atoms with E-state index in [0.717, 1.165) is 53.2 Å². The van der Waals surface area contributed by atoms with Gasteiger partial charge in [-0.15, -0.1) is 0 Å². The number of aryl methyl sites for hydroxylation is 1. The molecule has 3 rings (SSSR count). The number of methoxy groups -OCH3 is 2. The van der Waals surface area contributed by atoms with E-state index in [1.54, 1.807) is 14.2 Å². The van der Waals surface area contributed by atoms with Crippen molar-refractivity contribution in [3.8, 4) is 11.5 Å². The normalized spacial score (nSPS) is 15.5. The molecule has 1 heterocycles. The lowest BCUT2D eigenvalue weighted by Crippen LogP contribution is -2.14. The maximum absolute atomic E-state index is 13.1. The molecule has 0 fully saturated rings. The van der Waals surface area contributed by atoms with Crippen LogP contribution in [0.2, 0.25) is 0 Å². The third kappa shape index (κ3) is 3.77. The fourth-order valence-electron chi connectivity index (χ4n) is 3.45. The number of ether oxygens (including phenoxy) is 2. The molecular formula is C21H26N2O3. The second kappa shape index (κ2) is 7.68. The minimum atomic E-state index is 0.131. The van der Waals surface area contributed by atoms with Crippen LogP contribution in [0.3, 0.4) is 0 Å². The van der Waals surface area contributed by atoms with Gasteiger partial charge in [0.2, 0.25) is 5.78 Å². The molecule has 138 valence electrons. The molecule has 2 aromatic rings. The number of allylic oxidation sites excluding steroid dienone is 1. The molecule has 26 heavy (non-hydrogen) atoms. The predicted octanol–water partition coefficient (Wildman–Crippen LogP) is 3.52. The number of carbonyl (C=O) groups excluding carboxylic acids is 1. The minimum Gasteiger partial charge on any atom is -0.497 e. The van der Waals surface area contributed by atoms with Gasteiger partial charge < -0.3 is 18.9 Å². The Bertz CT molecular complexity index is 812. The second-order valence-electron chi connectivity index (χ2n) is 6.84. The Balaban J connectivity index is 1.97. The smallest absolute Gasteiger partial charge is 0.207 e. The summed E-state index contributed by atoms with van der Waals surface area (Å²) in [6.07, 6.45) is 6.70. The van der Waals surface area contributed by atoms with E-state index in [4.69, 9.17) is 9.47 Å². The summed E-state index contributed by atoms with van der Waals surface area (Å²) < 4.78 is 12.8. The van der Waals surface area contributed by atoms with Gasteiger partial charge in [-0.05, 0) is 48.6 Å². The lowest BCUT2D eigenvalue weighted by molar-refractivity contribution is 0.102. The van der Waals surface area contributed by atoms with E-state index in [2.05, 4.69) is 6.07 Å². The Morgan fingerprint density at radius 3 is 2.42 bits per heavy atom. The first-order valence-corrected chi connectivity index (χ1v) is 8.83. The third-order valence-electron chi connectivity index (χ3n) is 4.62. The molecule has 5 heteroatoms. The largest absolute Gasteiger partial charge is 0.497 e. The van der Waals surface area contributed by atoms with Crippen molar-refractivity contribution in [1.82, 2.24) is 9.47 Å². The van der Waals surface area contributed by atoms with E-state index >= 15 is 0 Å². The van der Waals surface area contributed by atoms with Gasteiger partial charge in [-0.3, -0.25) is 4.79 Å². The lowest BCUT2D eigenvalue weighted by atomic mass is 10.1. The topological polar surface area (TPSA) is 43.7 Å². The lowest BCUT2D eigenvalue weighted by Gasteiger charge is -2.13. The monoisotopic (exact) mass is 354 g/mol. The first-order valence-electron chi connectivity index (χ1n) is 8.83. The Morgan fingerprint density at radius 2 is 1.81 bits per heavy atom. The number of carbonyl (C=O) groups is 1. The van der Waals surface area contributed by atoms with Gasteiger partial charge in [0.25, 0.3) is 0 Å². The summed E-state index contributed by atoms with van der Waals surface area (Å²) in [6, 6.07) is 7.88. The van der Waals surface area contributed by atoms with Crippen molar-refractivity contribution in [2.75, 3.05) is 28.3 Å². The zero-order valence-corrected chi connectivity index (χ0v) is 15.9. The van der Waals surface area contributed by atoms with Gasteiger partial charge in [-0.2, -0.15) is 0 Å². The maximum atomic E-state index is 13.1. The number of hydrogen-bond donors (Lipinski definition) is 0. The molecule has 0 saturated carbocycles. The Labute approximate surface area is 154 Å². The molecule has 0 amide bonds. The molecular weight excluding hydrogens is 328 g/mol. The van der Waals surface area contributed by atoms with E-state index < -0.39 is 0 Å². The van der Waals surface area contributed by atoms with Crippen molar-refractivity contribution in [2.45, 2.75) is 25.8 Å². The number of hydrogen-bond acceptors (Lipinski definition) is 4. The van der Waals surface area contributed by atoms with Crippen molar-refractivity contribution >= 4 is 5.78 Å². The molecule has 0 unspecified atom stereocenters. The third-order valence-corrected chi connectivity index (χ3v) is 4.62. The van der Waals surface area contributed by atoms with Gasteiger partial charge in [0.05, 0.1) is 19.9 Å². The summed E-state index contributed by atoms with van der Waals surface area (Å²) in [6.45, 7) is 0.601. The van der Waals surface area contributed by atoms with E-state index in [0.29, 0.717) is 6.54 Å². The molecule has 0 spiro atoms. The molecule has 5 nitrogen and oxygen atoms in total. The average Bonchev–Trinajstić information content (AvgIpc) is 2.94. The fraction of sp³-hybridized carbons (Fsp3) is 0.381. The zero-order chi connectivity index (χ0) is 18.7. The van der Waals surface area contributed by atoms with E-state index in [-0.39, 0.29) is 5.78 Å². The van der Waals surface area contributed by atoms with Crippen LogP contribution in [0.5, 0.6) is 11.5 Å². The van der Waals surface area contributed by atoms with Crippen LogP contribution in [0.25, 0.3) is 0 Å². The first-order chi connectivity index (χ1) is 12.5. The van der Waals surface area contributed by atoms with Gasteiger partial charge in [-0.1, -0.05) is 0 Å². The summed E-state index contributed by atoms with van der Waals surface area (Å²) in [7, 11) is 7.19. The highest BCUT2D eigenvalue weighted by Gasteiger charge is 2.24. The summed E-state index contributed by atoms with van der Waals surface area (Å²) in [5.41, 5.74) is 3.84. The van der Waals surface area contributed by atoms with Crippen molar-refractivity contribution < 1.29 is 14.3 Å². The van der Waals surface area contributed by atoms with Crippen LogP contribution in [-0.4, -0.2) is 43.6 Å². The molecule has 1 aliphatic carbocycles. The number of nitrogens with zero attached hydrogens (tertiary/aromatic N) is 2. The number of Topliss-reactive ketones (excluding diaryl/α,β-unsaturated/α-hetero) is 1. The van der Waals surface area contributed by atoms with Crippen LogP contribution in [-0.2, 0) is 13.0 Å². The molecule has 0 aliphatic heterocycles. The van der Waals surface area contributed by atoms with Crippen LogP contribution in [0, 0.1) is 0 Å². The van der Waals surface area contributed by atoms with Crippen molar-refractivity contribution in [2.24, 2.45) is 0 Å². The maximum Gasteiger partial charge on any atom is 0.207 e. The van der Waals surface area contributed by atoms with Crippen LogP contribution in [0.4, 0.5) is 0 Å². The number of aromatic nitrogens is 1. The van der Waals surface area contributed by atoms with Gasteiger partial charge in [-0.25, -0.2) is 0 Å². The molecule has 0 bridgehead atoms. The summed E-state index contributed by atoms with van der Waals surface area (Å²) in [5, 5.41) is 0. The van der Waals surface area contributed by atoms with Crippen LogP contribution in [0.15, 0.2) is 42.2 Å². The standard InChI is InChI=1S/C21H26N2O3/c1-22(2)14-17-7-5-6-16-8-9-23(20(16)21(17)24)13-15-10-18(25-3)12-19(11-15)26-4/h8-12,14H,5-7,13H2,1-4H3. The van der Waals surface area contributed by atoms with Crippen LogP contribution >= 0.6 is 0 Å². The highest BCUT2D eigenvalue weighted by atomic mass is 16.5. The van der Waals surface area contributed by atoms with E-state index in [1.165, 1.54) is 0 Å². The Kier molecular flexibility index (Phi) is 5.35. The van der Waals surface area contributed by atoms with Crippen molar-refractivity contribution in [3.05, 3.63) is 59.1 Å². The number of ketones is 1. The van der Waals surface area contributed by atoms with E-state index in [1.807, 2.05) is 54.2 Å². The van der Waals surface area contributed by atoms with Gasteiger partial charge in [0.15, 0.2) is 0 Å². The predicted molar refractivity (Wildman–Crippen MR) is 102 cm³/mol. The number of rotatable bonds is 5.